The number of esters is 1. The SMILES string of the molecule is Cc1ccc(OCC(=O)Oc2ccc3cc(C(=O)NCC(C)C)c(=O)oc3c2)c(C(C)(C)C)c1. The summed E-state index contributed by atoms with van der Waals surface area (Å²) in [6.45, 7) is 12.3. The number of nitrogens with one attached hydrogen (secondary N) is 1. The molecule has 0 bridgehead atoms. The van der Waals surface area contributed by atoms with Crippen LogP contribution in [0.1, 0.15) is 56.1 Å². The monoisotopic (exact) mass is 465 g/mol. The first-order valence-electron chi connectivity index (χ1n) is 11.2. The Hall–Kier alpha value is -3.61. The van der Waals surface area contributed by atoms with Gasteiger partial charge in [0.15, 0.2) is 6.61 Å². The van der Waals surface area contributed by atoms with Crippen LogP contribution in [0, 0.1) is 12.8 Å². The first kappa shape index (κ1) is 25.0. The zero-order valence-electron chi connectivity index (χ0n) is 20.5. The van der Waals surface area contributed by atoms with Gasteiger partial charge in [-0.1, -0.05) is 52.3 Å². The van der Waals surface area contributed by atoms with E-state index in [0.717, 1.165) is 11.1 Å². The van der Waals surface area contributed by atoms with E-state index in [-0.39, 0.29) is 34.8 Å². The number of amides is 1. The van der Waals surface area contributed by atoms with Crippen LogP contribution in [-0.2, 0) is 10.2 Å². The van der Waals surface area contributed by atoms with Crippen molar-refractivity contribution in [2.24, 2.45) is 5.92 Å². The van der Waals surface area contributed by atoms with E-state index in [0.29, 0.717) is 17.7 Å². The Morgan fingerprint density at radius 1 is 1.06 bits per heavy atom. The fourth-order valence-electron chi connectivity index (χ4n) is 3.36. The number of aryl methyl sites for hydroxylation is 1. The molecule has 1 N–H and O–H groups in total. The van der Waals surface area contributed by atoms with E-state index in [1.165, 1.54) is 12.1 Å². The minimum atomic E-state index is -0.755. The maximum atomic E-state index is 12.4. The molecule has 0 radical (unpaired) electrons. The number of rotatable bonds is 7. The van der Waals surface area contributed by atoms with Gasteiger partial charge in [-0.2, -0.15) is 0 Å². The van der Waals surface area contributed by atoms with E-state index < -0.39 is 17.5 Å². The van der Waals surface area contributed by atoms with Gasteiger partial charge >= 0.3 is 11.6 Å². The van der Waals surface area contributed by atoms with Crippen molar-refractivity contribution < 1.29 is 23.5 Å². The molecule has 0 aliphatic carbocycles. The summed E-state index contributed by atoms with van der Waals surface area (Å²) in [6.07, 6.45) is 0. The van der Waals surface area contributed by atoms with E-state index in [9.17, 15) is 14.4 Å². The van der Waals surface area contributed by atoms with Crippen LogP contribution in [0.25, 0.3) is 11.0 Å². The Labute approximate surface area is 199 Å². The van der Waals surface area contributed by atoms with Crippen LogP contribution in [0.4, 0.5) is 0 Å². The van der Waals surface area contributed by atoms with Crippen molar-refractivity contribution in [3.05, 3.63) is 69.6 Å². The fourth-order valence-corrected chi connectivity index (χ4v) is 3.36. The van der Waals surface area contributed by atoms with E-state index in [4.69, 9.17) is 13.9 Å². The predicted molar refractivity (Wildman–Crippen MR) is 131 cm³/mol. The molecular formula is C27H31NO6. The molecule has 2 aromatic carbocycles. The normalized spacial score (nSPS) is 11.5. The minimum absolute atomic E-state index is 0.0703. The van der Waals surface area contributed by atoms with Crippen LogP contribution in [0.5, 0.6) is 11.5 Å². The highest BCUT2D eigenvalue weighted by Crippen LogP contribution is 2.32. The summed E-state index contributed by atoms with van der Waals surface area (Å²) in [7, 11) is 0. The largest absolute Gasteiger partial charge is 0.482 e. The number of ether oxygens (including phenoxy) is 2. The summed E-state index contributed by atoms with van der Waals surface area (Å²) in [5, 5.41) is 3.24. The topological polar surface area (TPSA) is 94.8 Å². The molecule has 7 nitrogen and oxygen atoms in total. The standard InChI is InChI=1S/C27H31NO6/c1-16(2)14-28-25(30)20-12-18-8-9-19(13-23(18)34-26(20)31)33-24(29)15-32-22-10-7-17(3)11-21(22)27(4,5)6/h7-13,16H,14-15H2,1-6H3,(H,28,30). The molecule has 0 atom stereocenters. The molecule has 3 rings (SSSR count). The Morgan fingerprint density at radius 2 is 1.79 bits per heavy atom. The first-order chi connectivity index (χ1) is 15.9. The zero-order valence-corrected chi connectivity index (χ0v) is 20.5. The maximum Gasteiger partial charge on any atom is 0.349 e. The van der Waals surface area contributed by atoms with Crippen LogP contribution < -0.4 is 20.4 Å². The van der Waals surface area contributed by atoms with Crippen molar-refractivity contribution >= 4 is 22.8 Å². The van der Waals surface area contributed by atoms with Crippen molar-refractivity contribution in [3.63, 3.8) is 0 Å². The molecule has 1 amide bonds. The molecule has 34 heavy (non-hydrogen) atoms. The smallest absolute Gasteiger partial charge is 0.349 e. The summed E-state index contributed by atoms with van der Waals surface area (Å²) in [6, 6.07) is 11.9. The van der Waals surface area contributed by atoms with Crippen molar-refractivity contribution in [1.29, 1.82) is 0 Å². The lowest BCUT2D eigenvalue weighted by atomic mass is 9.85. The summed E-state index contributed by atoms with van der Waals surface area (Å²) >= 11 is 0. The second kappa shape index (κ2) is 10.1. The summed E-state index contributed by atoms with van der Waals surface area (Å²) < 4.78 is 16.4. The Kier molecular flexibility index (Phi) is 7.44. The minimum Gasteiger partial charge on any atom is -0.482 e. The van der Waals surface area contributed by atoms with E-state index >= 15 is 0 Å². The molecule has 0 aliphatic rings. The van der Waals surface area contributed by atoms with E-state index in [1.807, 2.05) is 39.0 Å². The number of hydrogen-bond acceptors (Lipinski definition) is 6. The Morgan fingerprint density at radius 3 is 2.47 bits per heavy atom. The quantitative estimate of drug-likeness (QED) is 0.307. The highest BCUT2D eigenvalue weighted by atomic mass is 16.6. The number of hydrogen-bond donors (Lipinski definition) is 1. The first-order valence-corrected chi connectivity index (χ1v) is 11.2. The fraction of sp³-hybridized carbons (Fsp3) is 0.370. The lowest BCUT2D eigenvalue weighted by Gasteiger charge is -2.23. The average molecular weight is 466 g/mol. The predicted octanol–water partition coefficient (Wildman–Crippen LogP) is 4.77. The van der Waals surface area contributed by atoms with Gasteiger partial charge in [0.25, 0.3) is 5.91 Å². The van der Waals surface area contributed by atoms with Crippen molar-refractivity contribution in [2.45, 2.75) is 47.0 Å². The van der Waals surface area contributed by atoms with Gasteiger partial charge in [0.05, 0.1) is 0 Å². The summed E-state index contributed by atoms with van der Waals surface area (Å²) in [5.41, 5.74) is 1.35. The van der Waals surface area contributed by atoms with E-state index in [1.54, 1.807) is 12.1 Å². The maximum absolute atomic E-state index is 12.4. The van der Waals surface area contributed by atoms with Gasteiger partial charge in [0.1, 0.15) is 22.6 Å². The summed E-state index contributed by atoms with van der Waals surface area (Å²) in [5.74, 6) is 0.0160. The highest BCUT2D eigenvalue weighted by Gasteiger charge is 2.20. The zero-order chi connectivity index (χ0) is 25.0. The third-order valence-electron chi connectivity index (χ3n) is 5.14. The van der Waals surface area contributed by atoms with Crippen molar-refractivity contribution in [1.82, 2.24) is 5.32 Å². The number of carbonyl (C=O) groups is 2. The van der Waals surface area contributed by atoms with Gasteiger partial charge < -0.3 is 19.2 Å². The molecule has 0 spiro atoms. The molecule has 0 saturated carbocycles. The van der Waals surface area contributed by atoms with Crippen LogP contribution in [0.15, 0.2) is 51.7 Å². The lowest BCUT2D eigenvalue weighted by Crippen LogP contribution is -2.31. The number of carbonyl (C=O) groups excluding carboxylic acids is 2. The van der Waals surface area contributed by atoms with Gasteiger partial charge in [-0.05, 0) is 48.1 Å². The molecule has 1 heterocycles. The molecule has 7 heteroatoms. The molecule has 0 saturated heterocycles. The molecular weight excluding hydrogens is 434 g/mol. The molecule has 180 valence electrons. The Balaban J connectivity index is 1.71. The van der Waals surface area contributed by atoms with Gasteiger partial charge in [-0.15, -0.1) is 0 Å². The second-order valence-electron chi connectivity index (χ2n) is 9.76. The van der Waals surface area contributed by atoms with Gasteiger partial charge in [-0.3, -0.25) is 4.79 Å². The van der Waals surface area contributed by atoms with Gasteiger partial charge in [0, 0.05) is 18.0 Å². The number of benzene rings is 2. The molecule has 3 aromatic rings. The number of fused-ring (bicyclic) bond motifs is 1. The average Bonchev–Trinajstić information content (AvgIpc) is 2.75. The molecule has 0 aliphatic heterocycles. The van der Waals surface area contributed by atoms with Gasteiger partial charge in [0.2, 0.25) is 0 Å². The highest BCUT2D eigenvalue weighted by molar-refractivity contribution is 5.96. The van der Waals surface area contributed by atoms with Crippen LogP contribution in [0.3, 0.4) is 0 Å². The van der Waals surface area contributed by atoms with Crippen molar-refractivity contribution in [3.8, 4) is 11.5 Å². The van der Waals surface area contributed by atoms with Crippen LogP contribution in [0.2, 0.25) is 0 Å². The van der Waals surface area contributed by atoms with Gasteiger partial charge in [-0.25, -0.2) is 9.59 Å². The molecule has 0 unspecified atom stereocenters. The third-order valence-corrected chi connectivity index (χ3v) is 5.14. The van der Waals surface area contributed by atoms with E-state index in [2.05, 4.69) is 26.1 Å². The van der Waals surface area contributed by atoms with Crippen molar-refractivity contribution in [2.75, 3.05) is 13.2 Å². The van der Waals surface area contributed by atoms with Crippen LogP contribution >= 0.6 is 0 Å². The second-order valence-corrected chi connectivity index (χ2v) is 9.76. The molecule has 0 fully saturated rings. The lowest BCUT2D eigenvalue weighted by molar-refractivity contribution is -0.136. The third kappa shape index (κ3) is 6.25. The van der Waals surface area contributed by atoms with Crippen LogP contribution in [-0.4, -0.2) is 25.0 Å². The molecule has 1 aromatic heterocycles. The summed E-state index contributed by atoms with van der Waals surface area (Å²) in [4.78, 5) is 37.0. The Bertz CT molecular complexity index is 1270.